The highest BCUT2D eigenvalue weighted by atomic mass is 19.1. The molecule has 2 fully saturated rings. The minimum Gasteiger partial charge on any atom is -0.368 e. The summed E-state index contributed by atoms with van der Waals surface area (Å²) in [4.78, 5) is 27.6. The van der Waals surface area contributed by atoms with Gasteiger partial charge in [0.15, 0.2) is 0 Å². The SMILES string of the molecule is O=C(Nc1cc(F)cc(F)c1)N1CCN(C(=O)C2CCCO2)CC1. The number of carbonyl (C=O) groups excluding carboxylic acids is 2. The van der Waals surface area contributed by atoms with Gasteiger partial charge in [0, 0.05) is 44.5 Å². The van der Waals surface area contributed by atoms with Crippen LogP contribution in [0.4, 0.5) is 19.3 Å². The number of nitrogens with one attached hydrogen (secondary N) is 1. The van der Waals surface area contributed by atoms with Crippen molar-refractivity contribution in [2.45, 2.75) is 18.9 Å². The van der Waals surface area contributed by atoms with E-state index in [-0.39, 0.29) is 17.7 Å². The Labute approximate surface area is 138 Å². The maximum absolute atomic E-state index is 13.1. The lowest BCUT2D eigenvalue weighted by Gasteiger charge is -2.35. The molecule has 2 aliphatic rings. The van der Waals surface area contributed by atoms with Gasteiger partial charge in [-0.2, -0.15) is 0 Å². The summed E-state index contributed by atoms with van der Waals surface area (Å²) in [6.07, 6.45) is 1.27. The molecular formula is C16H19F2N3O3. The zero-order valence-corrected chi connectivity index (χ0v) is 13.1. The molecular weight excluding hydrogens is 320 g/mol. The van der Waals surface area contributed by atoms with Crippen LogP contribution in [0.15, 0.2) is 18.2 Å². The van der Waals surface area contributed by atoms with Crippen LogP contribution in [0.25, 0.3) is 0 Å². The molecule has 3 rings (SSSR count). The van der Waals surface area contributed by atoms with Crippen molar-refractivity contribution in [2.75, 3.05) is 38.1 Å². The highest BCUT2D eigenvalue weighted by molar-refractivity contribution is 5.89. The number of piperazine rings is 1. The molecule has 0 aliphatic carbocycles. The topological polar surface area (TPSA) is 61.9 Å². The van der Waals surface area contributed by atoms with Crippen molar-refractivity contribution in [3.05, 3.63) is 29.8 Å². The predicted octanol–water partition coefficient (Wildman–Crippen LogP) is 1.82. The smallest absolute Gasteiger partial charge is 0.321 e. The molecule has 0 radical (unpaired) electrons. The lowest BCUT2D eigenvalue weighted by molar-refractivity contribution is -0.142. The number of urea groups is 1. The highest BCUT2D eigenvalue weighted by Crippen LogP contribution is 2.17. The first-order valence-electron chi connectivity index (χ1n) is 7.95. The number of hydrogen-bond donors (Lipinski definition) is 1. The minimum absolute atomic E-state index is 0.0280. The third-order valence-electron chi connectivity index (χ3n) is 4.20. The summed E-state index contributed by atoms with van der Waals surface area (Å²) >= 11 is 0. The lowest BCUT2D eigenvalue weighted by Crippen LogP contribution is -2.53. The number of carbonyl (C=O) groups is 2. The van der Waals surface area contributed by atoms with Gasteiger partial charge in [-0.05, 0) is 25.0 Å². The van der Waals surface area contributed by atoms with E-state index in [9.17, 15) is 18.4 Å². The summed E-state index contributed by atoms with van der Waals surface area (Å²) in [6.45, 7) is 2.18. The number of benzene rings is 1. The normalized spacial score (nSPS) is 21.0. The van der Waals surface area contributed by atoms with Gasteiger partial charge < -0.3 is 19.9 Å². The fraction of sp³-hybridized carbons (Fsp3) is 0.500. The molecule has 1 aromatic carbocycles. The molecule has 1 N–H and O–H groups in total. The van der Waals surface area contributed by atoms with Crippen molar-refractivity contribution in [2.24, 2.45) is 0 Å². The summed E-state index contributed by atoms with van der Waals surface area (Å²) in [6, 6.07) is 2.41. The van der Waals surface area contributed by atoms with Crippen LogP contribution < -0.4 is 5.32 Å². The van der Waals surface area contributed by atoms with Gasteiger partial charge in [-0.15, -0.1) is 0 Å². The van der Waals surface area contributed by atoms with Gasteiger partial charge >= 0.3 is 6.03 Å². The molecule has 2 aliphatic heterocycles. The maximum Gasteiger partial charge on any atom is 0.321 e. The Kier molecular flexibility index (Phi) is 4.94. The number of rotatable bonds is 2. The van der Waals surface area contributed by atoms with Crippen LogP contribution in [0.2, 0.25) is 0 Å². The van der Waals surface area contributed by atoms with E-state index >= 15 is 0 Å². The van der Waals surface area contributed by atoms with Gasteiger partial charge in [-0.1, -0.05) is 0 Å². The number of anilines is 1. The highest BCUT2D eigenvalue weighted by Gasteiger charge is 2.31. The molecule has 0 spiro atoms. The van der Waals surface area contributed by atoms with Crippen LogP contribution in [0.3, 0.4) is 0 Å². The quantitative estimate of drug-likeness (QED) is 0.894. The molecule has 2 heterocycles. The summed E-state index contributed by atoms with van der Waals surface area (Å²) in [5.74, 6) is -1.53. The molecule has 0 aromatic heterocycles. The van der Waals surface area contributed by atoms with Crippen LogP contribution in [-0.4, -0.2) is 60.6 Å². The molecule has 0 saturated carbocycles. The van der Waals surface area contributed by atoms with Crippen molar-refractivity contribution in [1.82, 2.24) is 9.80 Å². The van der Waals surface area contributed by atoms with E-state index in [0.717, 1.165) is 31.0 Å². The Morgan fingerprint density at radius 2 is 1.67 bits per heavy atom. The van der Waals surface area contributed by atoms with Gasteiger partial charge in [0.05, 0.1) is 0 Å². The van der Waals surface area contributed by atoms with Crippen molar-refractivity contribution in [1.29, 1.82) is 0 Å². The number of halogens is 2. The second-order valence-corrected chi connectivity index (χ2v) is 5.90. The summed E-state index contributed by atoms with van der Waals surface area (Å²) in [5, 5.41) is 2.47. The fourth-order valence-electron chi connectivity index (χ4n) is 2.93. The Balaban J connectivity index is 1.52. The van der Waals surface area contributed by atoms with E-state index in [1.54, 1.807) is 4.90 Å². The van der Waals surface area contributed by atoms with E-state index in [1.165, 1.54) is 4.90 Å². The van der Waals surface area contributed by atoms with Gasteiger partial charge in [-0.25, -0.2) is 13.6 Å². The van der Waals surface area contributed by atoms with E-state index in [4.69, 9.17) is 4.74 Å². The average molecular weight is 339 g/mol. The first-order chi connectivity index (χ1) is 11.5. The van der Waals surface area contributed by atoms with Gasteiger partial charge in [0.1, 0.15) is 17.7 Å². The predicted molar refractivity (Wildman–Crippen MR) is 82.5 cm³/mol. The average Bonchev–Trinajstić information content (AvgIpc) is 3.07. The first kappa shape index (κ1) is 16.6. The number of amides is 3. The standard InChI is InChI=1S/C16H19F2N3O3/c17-11-8-12(18)10-13(9-11)19-16(23)21-5-3-20(4-6-21)15(22)14-2-1-7-24-14/h8-10,14H,1-7H2,(H,19,23). The van der Waals surface area contributed by atoms with Crippen LogP contribution in [0.5, 0.6) is 0 Å². The monoisotopic (exact) mass is 339 g/mol. The number of ether oxygens (including phenoxy) is 1. The van der Waals surface area contributed by atoms with Crippen LogP contribution >= 0.6 is 0 Å². The molecule has 8 heteroatoms. The summed E-state index contributed by atoms with van der Waals surface area (Å²) in [7, 11) is 0. The lowest BCUT2D eigenvalue weighted by atomic mass is 10.2. The molecule has 130 valence electrons. The molecule has 24 heavy (non-hydrogen) atoms. The summed E-state index contributed by atoms with van der Waals surface area (Å²) in [5.41, 5.74) is 0.0651. The molecule has 1 unspecified atom stereocenters. The zero-order chi connectivity index (χ0) is 17.1. The van der Waals surface area contributed by atoms with Crippen molar-refractivity contribution in [3.8, 4) is 0 Å². The van der Waals surface area contributed by atoms with Crippen LogP contribution in [0, 0.1) is 11.6 Å². The molecule has 6 nitrogen and oxygen atoms in total. The number of nitrogens with zero attached hydrogens (tertiary/aromatic N) is 2. The Hall–Kier alpha value is -2.22. The third kappa shape index (κ3) is 3.81. The van der Waals surface area contributed by atoms with E-state index < -0.39 is 17.7 Å². The number of hydrogen-bond acceptors (Lipinski definition) is 3. The van der Waals surface area contributed by atoms with Crippen molar-refractivity contribution < 1.29 is 23.1 Å². The Bertz CT molecular complexity index is 607. The van der Waals surface area contributed by atoms with E-state index in [1.807, 2.05) is 0 Å². The largest absolute Gasteiger partial charge is 0.368 e. The van der Waals surface area contributed by atoms with Crippen LogP contribution in [-0.2, 0) is 9.53 Å². The minimum atomic E-state index is -0.753. The van der Waals surface area contributed by atoms with Crippen molar-refractivity contribution in [3.63, 3.8) is 0 Å². The molecule has 1 atom stereocenters. The first-order valence-corrected chi connectivity index (χ1v) is 7.95. The van der Waals surface area contributed by atoms with Gasteiger partial charge in [0.2, 0.25) is 0 Å². The molecule has 3 amide bonds. The zero-order valence-electron chi connectivity index (χ0n) is 13.1. The second-order valence-electron chi connectivity index (χ2n) is 5.90. The molecule has 0 bridgehead atoms. The summed E-state index contributed by atoms with van der Waals surface area (Å²) < 4.78 is 31.7. The Morgan fingerprint density at radius 1 is 1.04 bits per heavy atom. The fourth-order valence-corrected chi connectivity index (χ4v) is 2.93. The second kappa shape index (κ2) is 7.12. The van der Waals surface area contributed by atoms with Crippen molar-refractivity contribution >= 4 is 17.6 Å². The van der Waals surface area contributed by atoms with E-state index in [0.29, 0.717) is 32.8 Å². The Morgan fingerprint density at radius 3 is 2.25 bits per heavy atom. The van der Waals surface area contributed by atoms with E-state index in [2.05, 4.69) is 5.32 Å². The van der Waals surface area contributed by atoms with Gasteiger partial charge in [-0.3, -0.25) is 4.79 Å². The van der Waals surface area contributed by atoms with Crippen LogP contribution in [0.1, 0.15) is 12.8 Å². The maximum atomic E-state index is 13.1. The third-order valence-corrected chi connectivity index (χ3v) is 4.20. The molecule has 1 aromatic rings. The molecule has 2 saturated heterocycles. The van der Waals surface area contributed by atoms with Gasteiger partial charge in [0.25, 0.3) is 5.91 Å².